The number of aryl methyl sites for hydroxylation is 4. The number of carbonyl (C=O) groups excluding carboxylic acids is 2. The molecule has 2 amide bonds. The minimum atomic E-state index is -0.0791. The van der Waals surface area contributed by atoms with Gasteiger partial charge in [-0.25, -0.2) is 0 Å². The first-order valence-corrected chi connectivity index (χ1v) is 9.06. The maximum atomic E-state index is 12.5. The van der Waals surface area contributed by atoms with E-state index in [1.165, 1.54) is 6.92 Å². The number of hydrogen-bond acceptors (Lipinski definition) is 2. The van der Waals surface area contributed by atoms with Gasteiger partial charge in [-0.1, -0.05) is 31.2 Å². The molecule has 0 aromatic heterocycles. The zero-order valence-corrected chi connectivity index (χ0v) is 16.3. The zero-order chi connectivity index (χ0) is 19.3. The van der Waals surface area contributed by atoms with Crippen LogP contribution in [-0.4, -0.2) is 18.4 Å². The number of carbonyl (C=O) groups is 2. The Morgan fingerprint density at radius 2 is 1.69 bits per heavy atom. The minimum Gasteiger partial charge on any atom is -0.326 e. The van der Waals surface area contributed by atoms with Crippen LogP contribution in [-0.2, 0) is 16.0 Å². The quantitative estimate of drug-likeness (QED) is 0.829. The Bertz CT molecular complexity index is 792. The van der Waals surface area contributed by atoms with Gasteiger partial charge in [-0.3, -0.25) is 9.59 Å². The summed E-state index contributed by atoms with van der Waals surface area (Å²) in [4.78, 5) is 26.2. The van der Waals surface area contributed by atoms with Crippen LogP contribution in [0.5, 0.6) is 0 Å². The van der Waals surface area contributed by atoms with E-state index in [9.17, 15) is 9.59 Å². The van der Waals surface area contributed by atoms with Crippen LogP contribution in [0, 0.1) is 20.8 Å². The van der Waals surface area contributed by atoms with E-state index in [1.807, 2.05) is 51.1 Å². The number of nitrogens with zero attached hydrogens (tertiary/aromatic N) is 1. The Balaban J connectivity index is 2.10. The van der Waals surface area contributed by atoms with Crippen molar-refractivity contribution in [2.24, 2.45) is 0 Å². The van der Waals surface area contributed by atoms with Crippen LogP contribution in [0.2, 0.25) is 0 Å². The smallest absolute Gasteiger partial charge is 0.226 e. The third-order valence-corrected chi connectivity index (χ3v) is 4.47. The summed E-state index contributed by atoms with van der Waals surface area (Å²) in [5.74, 6) is -0.141. The van der Waals surface area contributed by atoms with Crippen molar-refractivity contribution in [1.29, 1.82) is 0 Å². The van der Waals surface area contributed by atoms with Gasteiger partial charge in [-0.15, -0.1) is 0 Å². The molecule has 0 saturated carbocycles. The van der Waals surface area contributed by atoms with Crippen molar-refractivity contribution in [3.05, 3.63) is 58.7 Å². The van der Waals surface area contributed by atoms with Gasteiger partial charge in [0.25, 0.3) is 0 Å². The fourth-order valence-corrected chi connectivity index (χ4v) is 3.19. The van der Waals surface area contributed by atoms with Crippen molar-refractivity contribution in [1.82, 2.24) is 0 Å². The van der Waals surface area contributed by atoms with Gasteiger partial charge in [0.05, 0.1) is 0 Å². The lowest BCUT2D eigenvalue weighted by Crippen LogP contribution is -2.32. The summed E-state index contributed by atoms with van der Waals surface area (Å²) >= 11 is 0. The summed E-state index contributed by atoms with van der Waals surface area (Å²) in [7, 11) is 0. The van der Waals surface area contributed by atoms with Crippen molar-refractivity contribution in [2.75, 3.05) is 16.8 Å². The normalized spacial score (nSPS) is 10.5. The number of rotatable bonds is 6. The Morgan fingerprint density at radius 1 is 1.04 bits per heavy atom. The molecule has 0 heterocycles. The van der Waals surface area contributed by atoms with Crippen LogP contribution in [0.4, 0.5) is 11.4 Å². The molecule has 0 fully saturated rings. The fraction of sp³-hybridized carbons (Fsp3) is 0.364. The summed E-state index contributed by atoms with van der Waals surface area (Å²) in [5, 5.41) is 3.02. The molecule has 26 heavy (non-hydrogen) atoms. The van der Waals surface area contributed by atoms with Crippen LogP contribution in [0.1, 0.15) is 42.5 Å². The molecule has 1 N–H and O–H groups in total. The number of anilines is 2. The van der Waals surface area contributed by atoms with E-state index < -0.39 is 0 Å². The average molecular weight is 352 g/mol. The molecule has 2 aromatic rings. The number of nitrogens with one attached hydrogen (secondary N) is 1. The topological polar surface area (TPSA) is 49.4 Å². The number of para-hydroxylation sites is 1. The summed E-state index contributed by atoms with van der Waals surface area (Å²) < 4.78 is 0. The van der Waals surface area contributed by atoms with Crippen molar-refractivity contribution in [3.63, 3.8) is 0 Å². The Labute approximate surface area is 156 Å². The van der Waals surface area contributed by atoms with Crippen LogP contribution in [0.3, 0.4) is 0 Å². The molecule has 0 unspecified atom stereocenters. The van der Waals surface area contributed by atoms with E-state index in [-0.39, 0.29) is 18.2 Å². The number of amides is 2. The first kappa shape index (κ1) is 19.7. The highest BCUT2D eigenvalue weighted by atomic mass is 16.2. The molecule has 0 spiro atoms. The maximum absolute atomic E-state index is 12.5. The molecule has 2 rings (SSSR count). The Morgan fingerprint density at radius 3 is 2.27 bits per heavy atom. The fourth-order valence-electron chi connectivity index (χ4n) is 3.19. The van der Waals surface area contributed by atoms with Gasteiger partial charge in [0.1, 0.15) is 0 Å². The Kier molecular flexibility index (Phi) is 6.56. The van der Waals surface area contributed by atoms with Gasteiger partial charge in [0.2, 0.25) is 11.8 Å². The summed E-state index contributed by atoms with van der Waals surface area (Å²) in [6.07, 6.45) is 1.11. The minimum absolute atomic E-state index is 0.0621. The molecule has 0 aliphatic carbocycles. The zero-order valence-electron chi connectivity index (χ0n) is 16.3. The monoisotopic (exact) mass is 352 g/mol. The third kappa shape index (κ3) is 4.94. The molecular formula is C22H28N2O2. The Hall–Kier alpha value is -2.62. The molecule has 0 radical (unpaired) electrons. The van der Waals surface area contributed by atoms with Gasteiger partial charge in [0.15, 0.2) is 0 Å². The van der Waals surface area contributed by atoms with Crippen molar-refractivity contribution >= 4 is 23.2 Å². The second-order valence-corrected chi connectivity index (χ2v) is 6.78. The summed E-state index contributed by atoms with van der Waals surface area (Å²) in [5.41, 5.74) is 6.10. The highest BCUT2D eigenvalue weighted by Gasteiger charge is 2.15. The van der Waals surface area contributed by atoms with Crippen LogP contribution >= 0.6 is 0 Å². The predicted molar refractivity (Wildman–Crippen MR) is 108 cm³/mol. The first-order valence-electron chi connectivity index (χ1n) is 9.06. The number of benzene rings is 2. The van der Waals surface area contributed by atoms with Crippen LogP contribution in [0.15, 0.2) is 36.4 Å². The lowest BCUT2D eigenvalue weighted by atomic mass is 10.1. The van der Waals surface area contributed by atoms with Gasteiger partial charge >= 0.3 is 0 Å². The standard InChI is InChI=1S/C22H28N2O2/c1-6-19-9-7-8-17(4)22(19)23-21(26)10-11-24(18(5)25)20-13-15(2)12-16(3)14-20/h7-9,12-14H,6,10-11H2,1-5H3,(H,23,26). The summed E-state index contributed by atoms with van der Waals surface area (Å²) in [6.45, 7) is 9.97. The number of hydrogen-bond donors (Lipinski definition) is 1. The lowest BCUT2D eigenvalue weighted by molar-refractivity contribution is -0.117. The molecule has 138 valence electrons. The second-order valence-electron chi connectivity index (χ2n) is 6.78. The molecule has 2 aromatic carbocycles. The molecule has 0 saturated heterocycles. The van der Waals surface area contributed by atoms with Gasteiger partial charge in [-0.2, -0.15) is 0 Å². The van der Waals surface area contributed by atoms with Gasteiger partial charge in [-0.05, 0) is 61.6 Å². The molecule has 0 aliphatic rings. The van der Waals surface area contributed by atoms with Crippen molar-refractivity contribution in [3.8, 4) is 0 Å². The van der Waals surface area contributed by atoms with E-state index in [0.717, 1.165) is 40.0 Å². The predicted octanol–water partition coefficient (Wildman–Crippen LogP) is 4.56. The SMILES string of the molecule is CCc1cccc(C)c1NC(=O)CCN(C(C)=O)c1cc(C)cc(C)c1. The maximum Gasteiger partial charge on any atom is 0.226 e. The van der Waals surface area contributed by atoms with Gasteiger partial charge < -0.3 is 10.2 Å². The molecule has 4 heteroatoms. The molecule has 0 atom stereocenters. The van der Waals surface area contributed by atoms with E-state index in [4.69, 9.17) is 0 Å². The van der Waals surface area contributed by atoms with Crippen LogP contribution in [0.25, 0.3) is 0 Å². The third-order valence-electron chi connectivity index (χ3n) is 4.47. The highest BCUT2D eigenvalue weighted by molar-refractivity contribution is 5.95. The van der Waals surface area contributed by atoms with E-state index in [2.05, 4.69) is 18.3 Å². The average Bonchev–Trinajstić information content (AvgIpc) is 2.55. The van der Waals surface area contributed by atoms with E-state index >= 15 is 0 Å². The van der Waals surface area contributed by atoms with Gasteiger partial charge in [0, 0.05) is 31.3 Å². The molecular weight excluding hydrogens is 324 g/mol. The molecule has 0 aliphatic heterocycles. The first-order chi connectivity index (χ1) is 12.3. The lowest BCUT2D eigenvalue weighted by Gasteiger charge is -2.22. The second kappa shape index (κ2) is 8.65. The molecule has 4 nitrogen and oxygen atoms in total. The van der Waals surface area contributed by atoms with Crippen molar-refractivity contribution in [2.45, 2.75) is 47.5 Å². The summed E-state index contributed by atoms with van der Waals surface area (Å²) in [6, 6.07) is 12.0. The highest BCUT2D eigenvalue weighted by Crippen LogP contribution is 2.22. The van der Waals surface area contributed by atoms with E-state index in [0.29, 0.717) is 6.54 Å². The largest absolute Gasteiger partial charge is 0.326 e. The van der Waals surface area contributed by atoms with Crippen molar-refractivity contribution < 1.29 is 9.59 Å². The van der Waals surface area contributed by atoms with E-state index in [1.54, 1.807) is 4.90 Å². The molecule has 0 bridgehead atoms. The van der Waals surface area contributed by atoms with Crippen LogP contribution < -0.4 is 10.2 Å².